The summed E-state index contributed by atoms with van der Waals surface area (Å²) in [5.74, 6) is 0.967. The van der Waals surface area contributed by atoms with Gasteiger partial charge in [-0.05, 0) is 45.9 Å². The Morgan fingerprint density at radius 2 is 2.29 bits per heavy atom. The average Bonchev–Trinajstić information content (AvgIpc) is 2.95. The van der Waals surface area contributed by atoms with Crippen molar-refractivity contribution >= 4 is 27.3 Å². The predicted molar refractivity (Wildman–Crippen MR) is 75.2 cm³/mol. The fraction of sp³-hybridized carbons (Fsp3) is 0.385. The quantitative estimate of drug-likeness (QED) is 0.833. The van der Waals surface area contributed by atoms with E-state index in [-0.39, 0.29) is 0 Å². The second-order valence-electron chi connectivity index (χ2n) is 3.94. The number of halogens is 1. The van der Waals surface area contributed by atoms with Gasteiger partial charge >= 0.3 is 0 Å². The zero-order valence-corrected chi connectivity index (χ0v) is 12.2. The first kappa shape index (κ1) is 12.9. The summed E-state index contributed by atoms with van der Waals surface area (Å²) >= 11 is 5.13. The number of thiophene rings is 1. The average molecular weight is 314 g/mol. The van der Waals surface area contributed by atoms with Gasteiger partial charge in [0.05, 0.1) is 6.54 Å². The van der Waals surface area contributed by atoms with E-state index in [1.54, 1.807) is 0 Å². The highest BCUT2D eigenvalue weighted by atomic mass is 79.9. The second kappa shape index (κ2) is 6.38. The molecule has 2 rings (SSSR count). The number of nitrogens with one attached hydrogen (secondary N) is 1. The summed E-state index contributed by atoms with van der Waals surface area (Å²) in [5, 5.41) is 5.68. The highest BCUT2D eigenvalue weighted by Crippen LogP contribution is 2.24. The number of hydrogen-bond donors (Lipinski definition) is 1. The van der Waals surface area contributed by atoms with Crippen molar-refractivity contribution in [2.45, 2.75) is 32.4 Å². The molecule has 0 bridgehead atoms. The van der Waals surface area contributed by atoms with Crippen molar-refractivity contribution in [1.29, 1.82) is 0 Å². The van der Waals surface area contributed by atoms with Gasteiger partial charge in [-0.3, -0.25) is 0 Å². The van der Waals surface area contributed by atoms with E-state index in [1.807, 2.05) is 23.5 Å². The Morgan fingerprint density at radius 1 is 1.41 bits per heavy atom. The van der Waals surface area contributed by atoms with Gasteiger partial charge in [-0.1, -0.05) is 19.4 Å². The third kappa shape index (κ3) is 3.69. The third-order valence-electron chi connectivity index (χ3n) is 2.62. The van der Waals surface area contributed by atoms with Crippen LogP contribution in [0.25, 0.3) is 0 Å². The van der Waals surface area contributed by atoms with Gasteiger partial charge in [-0.2, -0.15) is 0 Å². The van der Waals surface area contributed by atoms with Gasteiger partial charge in [0.25, 0.3) is 0 Å². The standard InChI is InChI=1S/C13H16BrNOS/c1-2-4-11(12-5-3-8-17-12)15-9-10-6-7-13(14)16-10/h3,5-8,11,15H,2,4,9H2,1H3. The Kier molecular flexibility index (Phi) is 4.83. The summed E-state index contributed by atoms with van der Waals surface area (Å²) in [6.45, 7) is 2.99. The maximum atomic E-state index is 5.49. The molecule has 0 fully saturated rings. The van der Waals surface area contributed by atoms with Crippen LogP contribution in [-0.2, 0) is 6.54 Å². The van der Waals surface area contributed by atoms with Crippen molar-refractivity contribution in [3.8, 4) is 0 Å². The monoisotopic (exact) mass is 313 g/mol. The van der Waals surface area contributed by atoms with Crippen LogP contribution in [0.1, 0.15) is 36.4 Å². The first-order valence-electron chi connectivity index (χ1n) is 5.80. The molecule has 0 aromatic carbocycles. The van der Waals surface area contributed by atoms with Crippen LogP contribution in [0.15, 0.2) is 38.7 Å². The molecule has 0 saturated carbocycles. The van der Waals surface area contributed by atoms with Gasteiger partial charge < -0.3 is 9.73 Å². The predicted octanol–water partition coefficient (Wildman–Crippen LogP) is 4.73. The second-order valence-corrected chi connectivity index (χ2v) is 5.70. The Bertz CT molecular complexity index is 438. The van der Waals surface area contributed by atoms with Gasteiger partial charge in [-0.15, -0.1) is 11.3 Å². The molecule has 1 unspecified atom stereocenters. The molecule has 0 spiro atoms. The molecule has 92 valence electrons. The molecule has 0 aliphatic rings. The van der Waals surface area contributed by atoms with E-state index >= 15 is 0 Å². The number of hydrogen-bond acceptors (Lipinski definition) is 3. The van der Waals surface area contributed by atoms with Crippen molar-refractivity contribution in [2.75, 3.05) is 0 Å². The molecule has 1 atom stereocenters. The Labute approximate surface area is 114 Å². The Morgan fingerprint density at radius 3 is 2.88 bits per heavy atom. The van der Waals surface area contributed by atoms with Crippen LogP contribution >= 0.6 is 27.3 Å². The van der Waals surface area contributed by atoms with E-state index in [1.165, 1.54) is 11.3 Å². The highest BCUT2D eigenvalue weighted by molar-refractivity contribution is 9.10. The van der Waals surface area contributed by atoms with E-state index in [9.17, 15) is 0 Å². The molecule has 17 heavy (non-hydrogen) atoms. The van der Waals surface area contributed by atoms with Gasteiger partial charge in [0.2, 0.25) is 0 Å². The van der Waals surface area contributed by atoms with E-state index in [0.29, 0.717) is 6.04 Å². The van der Waals surface area contributed by atoms with Gasteiger partial charge in [0.15, 0.2) is 4.67 Å². The molecule has 0 radical (unpaired) electrons. The van der Waals surface area contributed by atoms with Crippen molar-refractivity contribution in [3.05, 3.63) is 45.0 Å². The summed E-state index contributed by atoms with van der Waals surface area (Å²) in [6.07, 6.45) is 2.33. The Balaban J connectivity index is 1.94. The normalized spacial score (nSPS) is 12.8. The lowest BCUT2D eigenvalue weighted by Gasteiger charge is -2.15. The Hall–Kier alpha value is -0.580. The lowest BCUT2D eigenvalue weighted by Crippen LogP contribution is -2.19. The number of rotatable bonds is 6. The first-order valence-corrected chi connectivity index (χ1v) is 7.48. The highest BCUT2D eigenvalue weighted by Gasteiger charge is 2.11. The molecule has 2 nitrogen and oxygen atoms in total. The van der Waals surface area contributed by atoms with E-state index in [4.69, 9.17) is 4.42 Å². The van der Waals surface area contributed by atoms with E-state index in [0.717, 1.165) is 23.4 Å². The van der Waals surface area contributed by atoms with Gasteiger partial charge in [0, 0.05) is 10.9 Å². The summed E-state index contributed by atoms with van der Waals surface area (Å²) in [5.41, 5.74) is 0. The minimum Gasteiger partial charge on any atom is -0.453 e. The van der Waals surface area contributed by atoms with Gasteiger partial charge in [0.1, 0.15) is 5.76 Å². The maximum Gasteiger partial charge on any atom is 0.169 e. The lowest BCUT2D eigenvalue weighted by molar-refractivity contribution is 0.427. The zero-order chi connectivity index (χ0) is 12.1. The van der Waals surface area contributed by atoms with Crippen LogP contribution in [0.5, 0.6) is 0 Å². The minimum absolute atomic E-state index is 0.434. The van der Waals surface area contributed by atoms with Crippen molar-refractivity contribution in [3.63, 3.8) is 0 Å². The van der Waals surface area contributed by atoms with Crippen LogP contribution in [0, 0.1) is 0 Å². The maximum absolute atomic E-state index is 5.49. The smallest absolute Gasteiger partial charge is 0.169 e. The molecular weight excluding hydrogens is 298 g/mol. The van der Waals surface area contributed by atoms with Crippen molar-refractivity contribution in [1.82, 2.24) is 5.32 Å². The molecule has 1 N–H and O–H groups in total. The molecule has 0 aliphatic heterocycles. The van der Waals surface area contributed by atoms with Crippen LogP contribution in [0.4, 0.5) is 0 Å². The van der Waals surface area contributed by atoms with E-state index < -0.39 is 0 Å². The van der Waals surface area contributed by atoms with Crippen LogP contribution in [-0.4, -0.2) is 0 Å². The summed E-state index contributed by atoms with van der Waals surface area (Å²) in [6, 6.07) is 8.65. The van der Waals surface area contributed by atoms with Crippen molar-refractivity contribution < 1.29 is 4.42 Å². The molecule has 0 aliphatic carbocycles. The molecule has 0 amide bonds. The summed E-state index contributed by atoms with van der Waals surface area (Å²) < 4.78 is 6.28. The topological polar surface area (TPSA) is 25.2 Å². The van der Waals surface area contributed by atoms with E-state index in [2.05, 4.69) is 45.7 Å². The SMILES string of the molecule is CCCC(NCc1ccc(Br)o1)c1cccs1. The minimum atomic E-state index is 0.434. The van der Waals surface area contributed by atoms with Crippen LogP contribution < -0.4 is 5.32 Å². The van der Waals surface area contributed by atoms with Crippen molar-refractivity contribution in [2.24, 2.45) is 0 Å². The zero-order valence-electron chi connectivity index (χ0n) is 9.78. The molecule has 2 heterocycles. The lowest BCUT2D eigenvalue weighted by atomic mass is 10.1. The largest absolute Gasteiger partial charge is 0.453 e. The third-order valence-corrected chi connectivity index (χ3v) is 4.03. The molecular formula is C13H16BrNOS. The molecule has 2 aromatic rings. The fourth-order valence-corrected chi connectivity index (χ4v) is 2.97. The van der Waals surface area contributed by atoms with Crippen LogP contribution in [0.2, 0.25) is 0 Å². The molecule has 4 heteroatoms. The summed E-state index contributed by atoms with van der Waals surface area (Å²) in [4.78, 5) is 1.40. The fourth-order valence-electron chi connectivity index (χ4n) is 1.79. The van der Waals surface area contributed by atoms with Gasteiger partial charge in [-0.25, -0.2) is 0 Å². The number of furan rings is 1. The first-order chi connectivity index (χ1) is 8.29. The molecule has 0 saturated heterocycles. The summed E-state index contributed by atoms with van der Waals surface area (Å²) in [7, 11) is 0. The van der Waals surface area contributed by atoms with Crippen LogP contribution in [0.3, 0.4) is 0 Å². The molecule has 2 aromatic heterocycles.